The van der Waals surface area contributed by atoms with Gasteiger partial charge in [0, 0.05) is 0 Å². The molecule has 18 nitrogen and oxygen atoms in total. The van der Waals surface area contributed by atoms with Gasteiger partial charge in [0.05, 0.1) is 12.9 Å². The topological polar surface area (TPSA) is 293 Å². The number of hydrogen-bond donors (Lipinski definition) is 7. The number of nitrogens with two attached hydrogens (primary N) is 1. The SMILES string of the molecule is Nc1nc2c(ncn2C2OC(COP(=O)(O)OP(=O)(O)CP(=O)([O-])O)C(O)C2O)c(=O)[nH]1.[Na+]. The molecule has 3 rings (SSSR count). The summed E-state index contributed by atoms with van der Waals surface area (Å²) in [6.45, 7) is -0.973. The van der Waals surface area contributed by atoms with Crippen LogP contribution in [0.1, 0.15) is 6.23 Å². The molecule has 33 heavy (non-hydrogen) atoms. The molecule has 2 aromatic rings. The normalized spacial score (nSPS) is 28.5. The number of phosphoric acid groups is 1. The zero-order valence-corrected chi connectivity index (χ0v) is 21.2. The van der Waals surface area contributed by atoms with Crippen LogP contribution in [0.4, 0.5) is 5.95 Å². The number of H-pyrrole nitrogens is 1. The number of hydrogen-bond acceptors (Lipinski definition) is 13. The first kappa shape index (κ1) is 28.7. The van der Waals surface area contributed by atoms with E-state index in [1.54, 1.807) is 0 Å². The standard InChI is InChI=1S/C11H18N5O13P3.Na/c12-11-14-8-5(9(19)15-11)13-2-16(8)10-7(18)6(17)4(28-10)1-27-32(25,26)29-31(23,24)3-30(20,21)22;/h2,4,6-7,10,17-18H,1,3H2,(H,23,24)(H,25,26)(H2,20,21,22)(H3,12,14,15,19);/q;+1/p-1. The summed E-state index contributed by atoms with van der Waals surface area (Å²) < 4.78 is 48.9. The molecule has 1 fully saturated rings. The van der Waals surface area contributed by atoms with E-state index in [2.05, 4.69) is 23.8 Å². The fourth-order valence-electron chi connectivity index (χ4n) is 2.83. The summed E-state index contributed by atoms with van der Waals surface area (Å²) in [6, 6.07) is 0. The molecule has 0 bridgehead atoms. The molecule has 0 aromatic carbocycles. The van der Waals surface area contributed by atoms with Gasteiger partial charge in [-0.2, -0.15) is 4.98 Å². The van der Waals surface area contributed by atoms with Crippen LogP contribution in [0.5, 0.6) is 0 Å². The predicted molar refractivity (Wildman–Crippen MR) is 99.9 cm³/mol. The zero-order chi connectivity index (χ0) is 24.1. The zero-order valence-electron chi connectivity index (χ0n) is 16.6. The maximum Gasteiger partial charge on any atom is 1.00 e. The van der Waals surface area contributed by atoms with Gasteiger partial charge in [-0.05, 0) is 0 Å². The molecule has 0 amide bonds. The molecule has 3 heterocycles. The molecule has 7 atom stereocenters. The quantitative estimate of drug-likeness (QED) is 0.120. The number of nitrogens with one attached hydrogen (secondary N) is 1. The van der Waals surface area contributed by atoms with E-state index in [1.807, 2.05) is 0 Å². The van der Waals surface area contributed by atoms with Crippen LogP contribution in [0, 0.1) is 0 Å². The Hall–Kier alpha value is -0.520. The summed E-state index contributed by atoms with van der Waals surface area (Å²) in [4.78, 5) is 59.9. The smallest absolute Gasteiger partial charge is 0.778 e. The molecule has 0 aliphatic carbocycles. The van der Waals surface area contributed by atoms with Gasteiger partial charge in [-0.3, -0.25) is 23.4 Å². The van der Waals surface area contributed by atoms with Crippen molar-refractivity contribution in [2.75, 3.05) is 18.2 Å². The Balaban J connectivity index is 0.00000385. The van der Waals surface area contributed by atoms with E-state index in [1.165, 1.54) is 0 Å². The molecule has 0 spiro atoms. The first-order chi connectivity index (χ1) is 14.6. The molecule has 180 valence electrons. The Labute approximate surface area is 205 Å². The maximum absolute atomic E-state index is 11.9. The molecule has 0 radical (unpaired) electrons. The minimum atomic E-state index is -5.38. The van der Waals surface area contributed by atoms with Gasteiger partial charge in [0.2, 0.25) is 5.95 Å². The predicted octanol–water partition coefficient (Wildman–Crippen LogP) is -5.85. The molecular weight excluding hydrogens is 526 g/mol. The van der Waals surface area contributed by atoms with E-state index in [-0.39, 0.29) is 46.7 Å². The van der Waals surface area contributed by atoms with Gasteiger partial charge in [-0.1, -0.05) is 0 Å². The number of fused-ring (bicyclic) bond motifs is 1. The second kappa shape index (κ2) is 10.2. The van der Waals surface area contributed by atoms with E-state index < -0.39 is 65.6 Å². The van der Waals surface area contributed by atoms with Crippen molar-refractivity contribution in [2.45, 2.75) is 24.5 Å². The number of imidazole rings is 1. The van der Waals surface area contributed by atoms with Crippen LogP contribution < -0.4 is 45.7 Å². The first-order valence-electron chi connectivity index (χ1n) is 8.36. The fraction of sp³-hybridized carbons (Fsp3) is 0.545. The second-order valence-electron chi connectivity index (χ2n) is 6.58. The third-order valence-corrected chi connectivity index (χ3v) is 9.23. The van der Waals surface area contributed by atoms with Crippen molar-refractivity contribution >= 4 is 40.1 Å². The van der Waals surface area contributed by atoms with E-state index in [9.17, 15) is 43.4 Å². The fourth-order valence-corrected chi connectivity index (χ4v) is 7.12. The number of aliphatic hydroxyl groups excluding tert-OH is 2. The molecule has 2 aromatic heterocycles. The molecule has 8 N–H and O–H groups in total. The number of aromatic amines is 1. The van der Waals surface area contributed by atoms with E-state index in [0.717, 1.165) is 10.9 Å². The summed E-state index contributed by atoms with van der Waals surface area (Å²) in [5, 5.41) is 20.4. The van der Waals surface area contributed by atoms with Crippen molar-refractivity contribution in [2.24, 2.45) is 0 Å². The third kappa shape index (κ3) is 7.01. The van der Waals surface area contributed by atoms with Crippen molar-refractivity contribution in [3.8, 4) is 0 Å². The van der Waals surface area contributed by atoms with Gasteiger partial charge in [-0.25, -0.2) is 13.9 Å². The van der Waals surface area contributed by atoms with E-state index in [4.69, 9.17) is 15.4 Å². The number of anilines is 1. The summed E-state index contributed by atoms with van der Waals surface area (Å²) in [7, 11) is -16.0. The van der Waals surface area contributed by atoms with Crippen LogP contribution >= 0.6 is 23.0 Å². The van der Waals surface area contributed by atoms with Gasteiger partial charge in [0.1, 0.15) is 31.8 Å². The molecule has 0 saturated carbocycles. The van der Waals surface area contributed by atoms with Crippen molar-refractivity contribution in [1.29, 1.82) is 0 Å². The number of nitrogen functional groups attached to an aromatic ring is 1. The third-order valence-electron chi connectivity index (χ3n) is 4.05. The van der Waals surface area contributed by atoms with E-state index >= 15 is 0 Å². The Morgan fingerprint density at radius 3 is 2.48 bits per heavy atom. The first-order valence-corrected chi connectivity index (χ1v) is 13.4. The molecule has 22 heteroatoms. The minimum Gasteiger partial charge on any atom is -0.778 e. The number of ether oxygens (including phenoxy) is 1. The Morgan fingerprint density at radius 2 is 1.88 bits per heavy atom. The Kier molecular flexibility index (Phi) is 8.90. The summed E-state index contributed by atoms with van der Waals surface area (Å²) in [6.07, 6.45) is -5.24. The average Bonchev–Trinajstić information content (AvgIpc) is 3.12. The minimum absolute atomic E-state index is 0. The van der Waals surface area contributed by atoms with Crippen LogP contribution in [0.25, 0.3) is 11.2 Å². The van der Waals surface area contributed by atoms with Crippen LogP contribution in [0.15, 0.2) is 11.1 Å². The van der Waals surface area contributed by atoms with Gasteiger partial charge < -0.3 is 44.8 Å². The van der Waals surface area contributed by atoms with Crippen molar-refractivity contribution in [3.63, 3.8) is 0 Å². The molecular formula is C11H17N5NaO13P3. The summed E-state index contributed by atoms with van der Waals surface area (Å²) in [5.74, 6) is -2.12. The average molecular weight is 543 g/mol. The van der Waals surface area contributed by atoms with Gasteiger partial charge in [0.15, 0.2) is 17.4 Å². The number of nitrogens with zero attached hydrogens (tertiary/aromatic N) is 3. The summed E-state index contributed by atoms with van der Waals surface area (Å²) in [5.41, 5.74) is 4.53. The van der Waals surface area contributed by atoms with Gasteiger partial charge in [0.25, 0.3) is 5.56 Å². The monoisotopic (exact) mass is 543 g/mol. The molecule has 7 unspecified atom stereocenters. The molecule has 1 aliphatic rings. The van der Waals surface area contributed by atoms with Gasteiger partial charge in [-0.15, -0.1) is 0 Å². The van der Waals surface area contributed by atoms with Crippen LogP contribution in [-0.2, 0) is 27.3 Å². The Bertz CT molecular complexity index is 1210. The van der Waals surface area contributed by atoms with Crippen molar-refractivity contribution in [1.82, 2.24) is 19.5 Å². The van der Waals surface area contributed by atoms with Crippen LogP contribution in [-0.4, -0.2) is 75.2 Å². The summed E-state index contributed by atoms with van der Waals surface area (Å²) >= 11 is 0. The van der Waals surface area contributed by atoms with Crippen LogP contribution in [0.3, 0.4) is 0 Å². The molecule has 1 aliphatic heterocycles. The molecule has 1 saturated heterocycles. The van der Waals surface area contributed by atoms with Gasteiger partial charge >= 0.3 is 45.0 Å². The second-order valence-corrected chi connectivity index (χ2v) is 12.1. The number of rotatable bonds is 8. The number of aliphatic hydroxyl groups is 2. The number of aromatic nitrogens is 4. The van der Waals surface area contributed by atoms with Crippen molar-refractivity contribution < 1.29 is 86.6 Å². The Morgan fingerprint density at radius 1 is 1.24 bits per heavy atom. The van der Waals surface area contributed by atoms with Crippen molar-refractivity contribution in [3.05, 3.63) is 16.7 Å². The number of phosphoric ester groups is 1. The largest absolute Gasteiger partial charge is 1.00 e. The van der Waals surface area contributed by atoms with Crippen LogP contribution in [0.2, 0.25) is 0 Å². The van der Waals surface area contributed by atoms with E-state index in [0.29, 0.717) is 0 Å². The maximum atomic E-state index is 11.9.